The van der Waals surface area contributed by atoms with Gasteiger partial charge in [-0.25, -0.2) is 0 Å². The molecule has 1 nitrogen and oxygen atoms in total. The molecule has 1 N–H and O–H groups in total. The largest absolute Gasteiger partial charge is 0.309 e. The summed E-state index contributed by atoms with van der Waals surface area (Å²) in [6.45, 7) is 0. The van der Waals surface area contributed by atoms with Gasteiger partial charge in [0.05, 0.1) is 6.04 Å². The van der Waals surface area contributed by atoms with E-state index in [2.05, 4.69) is 64.6 Å². The molecule has 1 aliphatic carbocycles. The van der Waals surface area contributed by atoms with Crippen molar-refractivity contribution in [3.05, 3.63) is 81.5 Å². The van der Waals surface area contributed by atoms with Crippen molar-refractivity contribution in [2.24, 2.45) is 0 Å². The van der Waals surface area contributed by atoms with Gasteiger partial charge in [-0.2, -0.15) is 11.3 Å². The highest BCUT2D eigenvalue weighted by Gasteiger charge is 2.20. The molecule has 3 aromatic rings. The lowest BCUT2D eigenvalue weighted by Crippen LogP contribution is -2.17. The fraction of sp³-hybridized carbons (Fsp3) is 0.158. The molecule has 1 unspecified atom stereocenters. The minimum absolute atomic E-state index is 0.273. The molecule has 0 fully saturated rings. The van der Waals surface area contributed by atoms with Crippen LogP contribution in [0, 0.1) is 0 Å². The van der Waals surface area contributed by atoms with Gasteiger partial charge < -0.3 is 5.32 Å². The van der Waals surface area contributed by atoms with E-state index in [1.54, 1.807) is 11.3 Å². The molecule has 0 saturated heterocycles. The Hall–Kier alpha value is -1.90. The molecule has 4 rings (SSSR count). The molecule has 0 bridgehead atoms. The van der Waals surface area contributed by atoms with Crippen molar-refractivity contribution >= 4 is 11.3 Å². The topological polar surface area (TPSA) is 12.0 Å². The highest BCUT2D eigenvalue weighted by Crippen LogP contribution is 2.38. The summed E-state index contributed by atoms with van der Waals surface area (Å²) in [5.74, 6) is 0. The average Bonchev–Trinajstić information content (AvgIpc) is 3.15. The van der Waals surface area contributed by atoms with Gasteiger partial charge in [0.15, 0.2) is 0 Å². The van der Waals surface area contributed by atoms with Crippen molar-refractivity contribution in [3.63, 3.8) is 0 Å². The van der Waals surface area contributed by atoms with Crippen LogP contribution in [0.15, 0.2) is 59.3 Å². The number of hydrogen-bond acceptors (Lipinski definition) is 2. The molecule has 0 amide bonds. The minimum Gasteiger partial charge on any atom is -0.309 e. The molecular formula is C19H17NS. The van der Waals surface area contributed by atoms with Crippen LogP contribution in [0.5, 0.6) is 0 Å². The summed E-state index contributed by atoms with van der Waals surface area (Å²) in [4.78, 5) is 0. The second-order valence-electron chi connectivity index (χ2n) is 5.53. The maximum atomic E-state index is 3.44. The van der Waals surface area contributed by atoms with Gasteiger partial charge in [0.2, 0.25) is 0 Å². The first-order chi connectivity index (χ1) is 10.4. The third-order valence-corrected chi connectivity index (χ3v) is 5.02. The fourth-order valence-electron chi connectivity index (χ4n) is 3.29. The highest BCUT2D eigenvalue weighted by atomic mass is 32.1. The van der Waals surface area contributed by atoms with E-state index in [-0.39, 0.29) is 6.04 Å². The molecule has 0 aliphatic heterocycles. The first kappa shape index (κ1) is 12.8. The fourth-order valence-corrected chi connectivity index (χ4v) is 3.97. The second kappa shape index (κ2) is 5.14. The summed E-state index contributed by atoms with van der Waals surface area (Å²) < 4.78 is 0. The first-order valence-electron chi connectivity index (χ1n) is 7.27. The Balaban J connectivity index is 1.81. The summed E-state index contributed by atoms with van der Waals surface area (Å²) in [6, 6.07) is 18.1. The Kier molecular flexibility index (Phi) is 3.13. The summed E-state index contributed by atoms with van der Waals surface area (Å²) in [6.07, 6.45) is 1.06. The van der Waals surface area contributed by atoms with Crippen LogP contribution < -0.4 is 5.32 Å². The van der Waals surface area contributed by atoms with E-state index in [0.717, 1.165) is 6.42 Å². The number of rotatable bonds is 3. The SMILES string of the molecule is CNC(c1ccsc1)c1ccc2c(c1)-c1ccccc1C2. The van der Waals surface area contributed by atoms with Crippen LogP contribution in [0.25, 0.3) is 11.1 Å². The molecule has 2 heteroatoms. The van der Waals surface area contributed by atoms with Crippen LogP contribution in [0.2, 0.25) is 0 Å². The Morgan fingerprint density at radius 2 is 1.81 bits per heavy atom. The molecule has 1 atom stereocenters. The van der Waals surface area contributed by atoms with Crippen molar-refractivity contribution in [1.29, 1.82) is 0 Å². The normalized spacial score (nSPS) is 13.8. The van der Waals surface area contributed by atoms with Crippen molar-refractivity contribution < 1.29 is 0 Å². The lowest BCUT2D eigenvalue weighted by molar-refractivity contribution is 0.694. The van der Waals surface area contributed by atoms with E-state index < -0.39 is 0 Å². The monoisotopic (exact) mass is 291 g/mol. The number of thiophene rings is 1. The van der Waals surface area contributed by atoms with Crippen molar-refractivity contribution in [2.45, 2.75) is 12.5 Å². The standard InChI is InChI=1S/C19H17NS/c1-20-19(16-8-9-21-12-16)15-7-6-14-10-13-4-2-3-5-17(13)18(14)11-15/h2-9,11-12,19-20H,10H2,1H3. The summed E-state index contributed by atoms with van der Waals surface area (Å²) in [5.41, 5.74) is 8.37. The number of nitrogens with one attached hydrogen (secondary N) is 1. The van der Waals surface area contributed by atoms with Crippen LogP contribution in [-0.4, -0.2) is 7.05 Å². The van der Waals surface area contributed by atoms with Crippen LogP contribution in [0.1, 0.15) is 28.3 Å². The lowest BCUT2D eigenvalue weighted by Gasteiger charge is -2.17. The van der Waals surface area contributed by atoms with E-state index in [4.69, 9.17) is 0 Å². The Labute approximate surface area is 129 Å². The molecule has 1 aliphatic rings. The van der Waals surface area contributed by atoms with Gasteiger partial charge in [0.25, 0.3) is 0 Å². The molecule has 1 heterocycles. The smallest absolute Gasteiger partial charge is 0.0582 e. The molecule has 0 radical (unpaired) electrons. The zero-order valence-corrected chi connectivity index (χ0v) is 12.8. The number of benzene rings is 2. The molecule has 21 heavy (non-hydrogen) atoms. The van der Waals surface area contributed by atoms with Gasteiger partial charge in [-0.05, 0) is 69.7 Å². The van der Waals surface area contributed by atoms with Gasteiger partial charge in [-0.3, -0.25) is 0 Å². The molecule has 104 valence electrons. The minimum atomic E-state index is 0.273. The third kappa shape index (κ3) is 2.11. The van der Waals surface area contributed by atoms with Gasteiger partial charge in [-0.15, -0.1) is 0 Å². The molecule has 0 saturated carbocycles. The van der Waals surface area contributed by atoms with E-state index >= 15 is 0 Å². The highest BCUT2D eigenvalue weighted by molar-refractivity contribution is 7.08. The van der Waals surface area contributed by atoms with Crippen molar-refractivity contribution in [3.8, 4) is 11.1 Å². The summed E-state index contributed by atoms with van der Waals surface area (Å²) >= 11 is 1.75. The third-order valence-electron chi connectivity index (χ3n) is 4.32. The summed E-state index contributed by atoms with van der Waals surface area (Å²) in [7, 11) is 2.03. The Morgan fingerprint density at radius 1 is 0.952 bits per heavy atom. The quantitative estimate of drug-likeness (QED) is 0.580. The van der Waals surface area contributed by atoms with Gasteiger partial charge in [-0.1, -0.05) is 36.4 Å². The van der Waals surface area contributed by atoms with Crippen LogP contribution >= 0.6 is 11.3 Å². The van der Waals surface area contributed by atoms with E-state index in [1.807, 2.05) is 7.05 Å². The predicted molar refractivity (Wildman–Crippen MR) is 89.9 cm³/mol. The van der Waals surface area contributed by atoms with Crippen LogP contribution in [0.4, 0.5) is 0 Å². The molecule has 2 aromatic carbocycles. The molecule has 0 spiro atoms. The van der Waals surface area contributed by atoms with Crippen molar-refractivity contribution in [1.82, 2.24) is 5.32 Å². The maximum absolute atomic E-state index is 3.44. The van der Waals surface area contributed by atoms with Gasteiger partial charge in [0.1, 0.15) is 0 Å². The number of fused-ring (bicyclic) bond motifs is 3. The summed E-state index contributed by atoms with van der Waals surface area (Å²) in [5, 5.41) is 7.81. The Bertz CT molecular complexity index is 774. The first-order valence-corrected chi connectivity index (χ1v) is 8.21. The van der Waals surface area contributed by atoms with Crippen LogP contribution in [-0.2, 0) is 6.42 Å². The molecule has 1 aromatic heterocycles. The van der Waals surface area contributed by atoms with E-state index in [9.17, 15) is 0 Å². The van der Waals surface area contributed by atoms with Gasteiger partial charge >= 0.3 is 0 Å². The van der Waals surface area contributed by atoms with Gasteiger partial charge in [0, 0.05) is 0 Å². The zero-order valence-electron chi connectivity index (χ0n) is 12.0. The van der Waals surface area contributed by atoms with E-state index in [0.29, 0.717) is 0 Å². The van der Waals surface area contributed by atoms with Crippen LogP contribution in [0.3, 0.4) is 0 Å². The van der Waals surface area contributed by atoms with E-state index in [1.165, 1.54) is 33.4 Å². The maximum Gasteiger partial charge on any atom is 0.0582 e. The molecular weight excluding hydrogens is 274 g/mol. The second-order valence-corrected chi connectivity index (χ2v) is 6.31. The van der Waals surface area contributed by atoms with Crippen molar-refractivity contribution in [2.75, 3.05) is 7.05 Å². The average molecular weight is 291 g/mol. The number of hydrogen-bond donors (Lipinski definition) is 1. The zero-order chi connectivity index (χ0) is 14.2. The lowest BCUT2D eigenvalue weighted by atomic mass is 9.96. The predicted octanol–water partition coefficient (Wildman–Crippen LogP) is 4.63. The Morgan fingerprint density at radius 3 is 2.62 bits per heavy atom.